The van der Waals surface area contributed by atoms with Crippen LogP contribution in [0.25, 0.3) is 0 Å². The van der Waals surface area contributed by atoms with Crippen LogP contribution >= 0.6 is 0 Å². The van der Waals surface area contributed by atoms with Gasteiger partial charge in [0.1, 0.15) is 0 Å². The molecule has 1 aromatic carbocycles. The lowest BCUT2D eigenvalue weighted by atomic mass is 9.97. The van der Waals surface area contributed by atoms with E-state index in [1.54, 1.807) is 12.7 Å². The molecule has 2 rings (SSSR count). The van der Waals surface area contributed by atoms with Crippen LogP contribution in [-0.4, -0.2) is 26.7 Å². The molecule has 1 aliphatic rings. The molecule has 0 saturated carbocycles. The molecule has 0 atom stereocenters. The van der Waals surface area contributed by atoms with Crippen LogP contribution in [0.15, 0.2) is 40.9 Å². The van der Waals surface area contributed by atoms with Gasteiger partial charge in [0.05, 0.1) is 6.61 Å². The highest BCUT2D eigenvalue weighted by Gasteiger charge is 2.04. The van der Waals surface area contributed by atoms with E-state index in [2.05, 4.69) is 46.0 Å². The molecule has 0 aromatic heterocycles. The standard InChI is InChI=1S/C19H29N3O/c1-20-19(21-13-12-16-6-4-3-5-7-16)22-14-17-8-10-18(11-9-17)15-23-2/h6,8-11H,3-5,7,12-15H2,1-2H3,(H2,20,21,22). The molecule has 0 unspecified atom stereocenters. The van der Waals surface area contributed by atoms with Crippen LogP contribution in [0.5, 0.6) is 0 Å². The zero-order valence-electron chi connectivity index (χ0n) is 14.4. The topological polar surface area (TPSA) is 45.7 Å². The molecule has 126 valence electrons. The summed E-state index contributed by atoms with van der Waals surface area (Å²) in [5.74, 6) is 0.863. The van der Waals surface area contributed by atoms with Crippen LogP contribution in [0.1, 0.15) is 43.2 Å². The summed E-state index contributed by atoms with van der Waals surface area (Å²) in [5.41, 5.74) is 4.02. The van der Waals surface area contributed by atoms with E-state index in [1.807, 2.05) is 7.05 Å². The van der Waals surface area contributed by atoms with E-state index >= 15 is 0 Å². The number of nitrogens with zero attached hydrogens (tertiary/aromatic N) is 1. The molecule has 0 radical (unpaired) electrons. The molecule has 4 nitrogen and oxygen atoms in total. The molecule has 0 amide bonds. The Balaban J connectivity index is 1.70. The summed E-state index contributed by atoms with van der Waals surface area (Å²) < 4.78 is 5.13. The van der Waals surface area contributed by atoms with Crippen molar-refractivity contribution in [1.29, 1.82) is 0 Å². The lowest BCUT2D eigenvalue weighted by Gasteiger charge is -2.15. The lowest BCUT2D eigenvalue weighted by Crippen LogP contribution is -2.37. The second-order valence-electron chi connectivity index (χ2n) is 5.96. The maximum atomic E-state index is 5.13. The van der Waals surface area contributed by atoms with E-state index in [0.717, 1.165) is 25.5 Å². The first-order valence-corrected chi connectivity index (χ1v) is 8.51. The molecule has 1 aliphatic carbocycles. The molecule has 4 heteroatoms. The minimum absolute atomic E-state index is 0.660. The van der Waals surface area contributed by atoms with Crippen molar-refractivity contribution in [3.63, 3.8) is 0 Å². The molecular formula is C19H29N3O. The Labute approximate surface area is 140 Å². The van der Waals surface area contributed by atoms with Crippen molar-refractivity contribution in [2.75, 3.05) is 20.7 Å². The fourth-order valence-corrected chi connectivity index (χ4v) is 2.80. The van der Waals surface area contributed by atoms with Gasteiger partial charge in [0.15, 0.2) is 5.96 Å². The van der Waals surface area contributed by atoms with Gasteiger partial charge in [-0.25, -0.2) is 0 Å². The number of hydrogen-bond donors (Lipinski definition) is 2. The number of nitrogens with one attached hydrogen (secondary N) is 2. The SMILES string of the molecule is CN=C(NCCC1=CCCCC1)NCc1ccc(COC)cc1. The number of hydrogen-bond acceptors (Lipinski definition) is 2. The fraction of sp³-hybridized carbons (Fsp3) is 0.526. The average Bonchev–Trinajstić information content (AvgIpc) is 2.60. The minimum Gasteiger partial charge on any atom is -0.380 e. The highest BCUT2D eigenvalue weighted by molar-refractivity contribution is 5.79. The smallest absolute Gasteiger partial charge is 0.191 e. The van der Waals surface area contributed by atoms with Crippen molar-refractivity contribution < 1.29 is 4.74 Å². The number of methoxy groups -OCH3 is 1. The molecule has 0 fully saturated rings. The van der Waals surface area contributed by atoms with Gasteiger partial charge in [-0.1, -0.05) is 35.9 Å². The average molecular weight is 315 g/mol. The summed E-state index contributed by atoms with van der Waals surface area (Å²) in [7, 11) is 3.53. The summed E-state index contributed by atoms with van der Waals surface area (Å²) in [6.07, 6.45) is 8.74. The quantitative estimate of drug-likeness (QED) is 0.460. The van der Waals surface area contributed by atoms with Crippen molar-refractivity contribution in [2.24, 2.45) is 4.99 Å². The predicted octanol–water partition coefficient (Wildman–Crippen LogP) is 3.39. The Kier molecular flexibility index (Phi) is 7.67. The third-order valence-corrected chi connectivity index (χ3v) is 4.14. The van der Waals surface area contributed by atoms with E-state index in [0.29, 0.717) is 6.61 Å². The summed E-state index contributed by atoms with van der Waals surface area (Å²) in [5, 5.41) is 6.76. The van der Waals surface area contributed by atoms with Crippen LogP contribution in [0, 0.1) is 0 Å². The molecule has 0 aliphatic heterocycles. The third-order valence-electron chi connectivity index (χ3n) is 4.14. The van der Waals surface area contributed by atoms with Gasteiger partial charge in [-0.05, 0) is 43.2 Å². The van der Waals surface area contributed by atoms with E-state index < -0.39 is 0 Å². The summed E-state index contributed by atoms with van der Waals surface area (Å²) in [6.45, 7) is 2.38. The van der Waals surface area contributed by atoms with Crippen LogP contribution in [0.4, 0.5) is 0 Å². The highest BCUT2D eigenvalue weighted by Crippen LogP contribution is 2.19. The molecular weight excluding hydrogens is 286 g/mol. The summed E-state index contributed by atoms with van der Waals surface area (Å²) in [4.78, 5) is 4.29. The van der Waals surface area contributed by atoms with Crippen LogP contribution in [0.3, 0.4) is 0 Å². The second-order valence-corrected chi connectivity index (χ2v) is 5.96. The fourth-order valence-electron chi connectivity index (χ4n) is 2.80. The minimum atomic E-state index is 0.660. The predicted molar refractivity (Wildman–Crippen MR) is 96.5 cm³/mol. The zero-order valence-corrected chi connectivity index (χ0v) is 14.4. The first kappa shape index (κ1) is 17.5. The van der Waals surface area contributed by atoms with Gasteiger partial charge in [0, 0.05) is 27.2 Å². The maximum Gasteiger partial charge on any atom is 0.191 e. The Bertz CT molecular complexity index is 520. The van der Waals surface area contributed by atoms with Crippen molar-refractivity contribution in [2.45, 2.75) is 45.3 Å². The van der Waals surface area contributed by atoms with Gasteiger partial charge in [0.25, 0.3) is 0 Å². The van der Waals surface area contributed by atoms with Crippen LogP contribution in [0.2, 0.25) is 0 Å². The number of ether oxygens (including phenoxy) is 1. The number of rotatable bonds is 7. The van der Waals surface area contributed by atoms with Gasteiger partial charge in [0.2, 0.25) is 0 Å². The maximum absolute atomic E-state index is 5.13. The van der Waals surface area contributed by atoms with E-state index in [9.17, 15) is 0 Å². The third kappa shape index (κ3) is 6.45. The number of aliphatic imine (C=N–C) groups is 1. The van der Waals surface area contributed by atoms with E-state index in [1.165, 1.54) is 36.8 Å². The first-order chi connectivity index (χ1) is 11.3. The Morgan fingerprint density at radius 3 is 2.57 bits per heavy atom. The van der Waals surface area contributed by atoms with Crippen molar-refractivity contribution in [3.05, 3.63) is 47.0 Å². The number of guanidine groups is 1. The van der Waals surface area contributed by atoms with Crippen LogP contribution in [-0.2, 0) is 17.9 Å². The van der Waals surface area contributed by atoms with Gasteiger partial charge in [-0.2, -0.15) is 0 Å². The monoisotopic (exact) mass is 315 g/mol. The lowest BCUT2D eigenvalue weighted by molar-refractivity contribution is 0.185. The zero-order chi connectivity index (χ0) is 16.3. The van der Waals surface area contributed by atoms with E-state index in [-0.39, 0.29) is 0 Å². The molecule has 0 spiro atoms. The second kappa shape index (κ2) is 10.1. The van der Waals surface area contributed by atoms with Crippen molar-refractivity contribution >= 4 is 5.96 Å². The first-order valence-electron chi connectivity index (χ1n) is 8.51. The Morgan fingerprint density at radius 2 is 1.91 bits per heavy atom. The number of allylic oxidation sites excluding steroid dienone is 1. The largest absolute Gasteiger partial charge is 0.380 e. The van der Waals surface area contributed by atoms with Crippen LogP contribution < -0.4 is 10.6 Å². The van der Waals surface area contributed by atoms with Crippen molar-refractivity contribution in [3.8, 4) is 0 Å². The molecule has 0 heterocycles. The number of benzene rings is 1. The summed E-state index contributed by atoms with van der Waals surface area (Å²) >= 11 is 0. The van der Waals surface area contributed by atoms with Gasteiger partial charge < -0.3 is 15.4 Å². The van der Waals surface area contributed by atoms with Crippen molar-refractivity contribution in [1.82, 2.24) is 10.6 Å². The molecule has 1 aromatic rings. The van der Waals surface area contributed by atoms with E-state index in [4.69, 9.17) is 4.74 Å². The highest BCUT2D eigenvalue weighted by atomic mass is 16.5. The Hall–Kier alpha value is -1.81. The Morgan fingerprint density at radius 1 is 1.13 bits per heavy atom. The molecule has 23 heavy (non-hydrogen) atoms. The van der Waals surface area contributed by atoms with Gasteiger partial charge >= 0.3 is 0 Å². The molecule has 0 saturated heterocycles. The summed E-state index contributed by atoms with van der Waals surface area (Å²) in [6, 6.07) is 8.46. The normalized spacial score (nSPS) is 15.2. The molecule has 2 N–H and O–H groups in total. The van der Waals surface area contributed by atoms with Gasteiger partial charge in [-0.15, -0.1) is 0 Å². The molecule has 0 bridgehead atoms. The van der Waals surface area contributed by atoms with Gasteiger partial charge in [-0.3, -0.25) is 4.99 Å².